The van der Waals surface area contributed by atoms with Gasteiger partial charge in [-0.1, -0.05) is 0 Å². The number of thiocarbonyl (C=S) groups is 1. The standard InChI is InChI=1S/C9H16N4OS/c1-3-10-9(15)12-8-5-11-13(6-8)7-14-4-2/h5-6H,3-4,7H2,1-2H3,(H2,10,12,15). The molecule has 0 aliphatic carbocycles. The van der Waals surface area contributed by atoms with E-state index in [2.05, 4.69) is 15.7 Å². The predicted molar refractivity (Wildman–Crippen MR) is 63.8 cm³/mol. The van der Waals surface area contributed by atoms with Crippen molar-refractivity contribution in [2.75, 3.05) is 18.5 Å². The van der Waals surface area contributed by atoms with Gasteiger partial charge in [-0.15, -0.1) is 0 Å². The zero-order chi connectivity index (χ0) is 11.1. The van der Waals surface area contributed by atoms with E-state index in [1.807, 2.05) is 20.0 Å². The van der Waals surface area contributed by atoms with Crippen molar-refractivity contribution in [3.05, 3.63) is 12.4 Å². The number of ether oxygens (including phenoxy) is 1. The van der Waals surface area contributed by atoms with Gasteiger partial charge >= 0.3 is 0 Å². The molecule has 0 bridgehead atoms. The van der Waals surface area contributed by atoms with E-state index in [4.69, 9.17) is 17.0 Å². The topological polar surface area (TPSA) is 51.1 Å². The Hall–Kier alpha value is -1.14. The molecule has 1 rings (SSSR count). The molecule has 84 valence electrons. The summed E-state index contributed by atoms with van der Waals surface area (Å²) >= 11 is 5.04. The first-order valence-electron chi connectivity index (χ1n) is 4.91. The van der Waals surface area contributed by atoms with Crippen molar-refractivity contribution in [1.29, 1.82) is 0 Å². The second-order valence-corrected chi connectivity index (χ2v) is 3.28. The Morgan fingerprint density at radius 1 is 1.60 bits per heavy atom. The fourth-order valence-corrected chi connectivity index (χ4v) is 1.28. The summed E-state index contributed by atoms with van der Waals surface area (Å²) < 4.78 is 6.92. The van der Waals surface area contributed by atoms with Crippen molar-refractivity contribution < 1.29 is 4.74 Å². The van der Waals surface area contributed by atoms with Gasteiger partial charge in [-0.05, 0) is 26.1 Å². The molecule has 0 fully saturated rings. The minimum absolute atomic E-state index is 0.464. The molecular weight excluding hydrogens is 212 g/mol. The molecule has 1 aromatic heterocycles. The summed E-state index contributed by atoms with van der Waals surface area (Å²) in [6.07, 6.45) is 3.56. The van der Waals surface area contributed by atoms with Crippen molar-refractivity contribution in [1.82, 2.24) is 15.1 Å². The third-order valence-corrected chi connectivity index (χ3v) is 1.90. The largest absolute Gasteiger partial charge is 0.363 e. The average molecular weight is 228 g/mol. The summed E-state index contributed by atoms with van der Waals surface area (Å²) in [5.74, 6) is 0. The van der Waals surface area contributed by atoms with Gasteiger partial charge in [0.25, 0.3) is 0 Å². The van der Waals surface area contributed by atoms with Crippen LogP contribution in [0.25, 0.3) is 0 Å². The van der Waals surface area contributed by atoms with Crippen molar-refractivity contribution >= 4 is 23.0 Å². The Morgan fingerprint density at radius 2 is 2.40 bits per heavy atom. The minimum Gasteiger partial charge on any atom is -0.363 e. The van der Waals surface area contributed by atoms with Crippen LogP contribution in [-0.4, -0.2) is 28.0 Å². The van der Waals surface area contributed by atoms with Gasteiger partial charge in [-0.3, -0.25) is 0 Å². The Bertz CT molecular complexity index is 313. The maximum atomic E-state index is 5.21. The summed E-state index contributed by atoms with van der Waals surface area (Å²) in [5.41, 5.74) is 0.862. The summed E-state index contributed by atoms with van der Waals surface area (Å²) in [6.45, 7) is 5.89. The van der Waals surface area contributed by atoms with E-state index in [1.165, 1.54) is 0 Å². The van der Waals surface area contributed by atoms with E-state index in [9.17, 15) is 0 Å². The first-order valence-corrected chi connectivity index (χ1v) is 5.32. The van der Waals surface area contributed by atoms with E-state index in [0.29, 0.717) is 18.5 Å². The van der Waals surface area contributed by atoms with Crippen molar-refractivity contribution in [3.8, 4) is 0 Å². The maximum Gasteiger partial charge on any atom is 0.170 e. The smallest absolute Gasteiger partial charge is 0.170 e. The third kappa shape index (κ3) is 4.26. The van der Waals surface area contributed by atoms with Crippen LogP contribution in [0.2, 0.25) is 0 Å². The predicted octanol–water partition coefficient (Wildman–Crippen LogP) is 1.18. The summed E-state index contributed by atoms with van der Waals surface area (Å²) in [5, 5.41) is 10.7. The van der Waals surface area contributed by atoms with Gasteiger partial charge in [0.15, 0.2) is 5.11 Å². The van der Waals surface area contributed by atoms with Crippen LogP contribution in [-0.2, 0) is 11.5 Å². The number of anilines is 1. The van der Waals surface area contributed by atoms with Crippen molar-refractivity contribution in [2.45, 2.75) is 20.6 Å². The molecule has 0 saturated heterocycles. The Labute approximate surface area is 94.8 Å². The van der Waals surface area contributed by atoms with Gasteiger partial charge in [-0.2, -0.15) is 5.10 Å². The molecule has 0 aliphatic rings. The minimum atomic E-state index is 0.464. The van der Waals surface area contributed by atoms with Crippen LogP contribution in [0.15, 0.2) is 12.4 Å². The number of hydrogen-bond acceptors (Lipinski definition) is 3. The number of nitrogens with zero attached hydrogens (tertiary/aromatic N) is 2. The lowest BCUT2D eigenvalue weighted by Gasteiger charge is -2.05. The van der Waals surface area contributed by atoms with Crippen LogP contribution in [0.4, 0.5) is 5.69 Å². The molecule has 15 heavy (non-hydrogen) atoms. The molecule has 5 nitrogen and oxygen atoms in total. The van der Waals surface area contributed by atoms with Crippen molar-refractivity contribution in [3.63, 3.8) is 0 Å². The molecule has 6 heteroatoms. The lowest BCUT2D eigenvalue weighted by Crippen LogP contribution is -2.27. The Balaban J connectivity index is 2.42. The maximum absolute atomic E-state index is 5.21. The molecular formula is C9H16N4OS. The van der Waals surface area contributed by atoms with E-state index in [-0.39, 0.29) is 0 Å². The van der Waals surface area contributed by atoms with E-state index < -0.39 is 0 Å². The second-order valence-electron chi connectivity index (χ2n) is 2.87. The normalized spacial score (nSPS) is 10.0. The van der Waals surface area contributed by atoms with Gasteiger partial charge in [0.1, 0.15) is 6.73 Å². The number of aromatic nitrogens is 2. The zero-order valence-corrected chi connectivity index (χ0v) is 9.80. The first-order chi connectivity index (χ1) is 7.26. The van der Waals surface area contributed by atoms with Crippen molar-refractivity contribution in [2.24, 2.45) is 0 Å². The molecule has 0 atom stereocenters. The molecule has 0 amide bonds. The number of nitrogens with one attached hydrogen (secondary N) is 2. The molecule has 0 radical (unpaired) electrons. The van der Waals surface area contributed by atoms with Crippen LogP contribution >= 0.6 is 12.2 Å². The van der Waals surface area contributed by atoms with E-state index in [1.54, 1.807) is 10.9 Å². The molecule has 0 unspecified atom stereocenters. The van der Waals surface area contributed by atoms with Gasteiger partial charge in [0.2, 0.25) is 0 Å². The number of rotatable bonds is 5. The monoisotopic (exact) mass is 228 g/mol. The highest BCUT2D eigenvalue weighted by Gasteiger charge is 1.99. The lowest BCUT2D eigenvalue weighted by atomic mass is 10.6. The fourth-order valence-electron chi connectivity index (χ4n) is 1.02. The summed E-state index contributed by atoms with van der Waals surface area (Å²) in [6, 6.07) is 0. The number of hydrogen-bond donors (Lipinski definition) is 2. The van der Waals surface area contributed by atoms with Crippen LogP contribution in [0.3, 0.4) is 0 Å². The SMILES string of the molecule is CCNC(=S)Nc1cnn(COCC)c1. The highest BCUT2D eigenvalue weighted by atomic mass is 32.1. The first kappa shape index (κ1) is 11.9. The third-order valence-electron chi connectivity index (χ3n) is 1.66. The van der Waals surface area contributed by atoms with Crippen LogP contribution < -0.4 is 10.6 Å². The van der Waals surface area contributed by atoms with Gasteiger partial charge in [0.05, 0.1) is 18.1 Å². The van der Waals surface area contributed by atoms with Gasteiger partial charge in [0, 0.05) is 13.2 Å². The molecule has 1 heterocycles. The fraction of sp³-hybridized carbons (Fsp3) is 0.556. The summed E-state index contributed by atoms with van der Waals surface area (Å²) in [7, 11) is 0. The molecule has 0 aliphatic heterocycles. The Kier molecular flexibility index (Phi) is 5.06. The molecule has 1 aromatic rings. The van der Waals surface area contributed by atoms with Crippen LogP contribution in [0, 0.1) is 0 Å². The molecule has 2 N–H and O–H groups in total. The van der Waals surface area contributed by atoms with Gasteiger partial charge in [-0.25, -0.2) is 4.68 Å². The lowest BCUT2D eigenvalue weighted by molar-refractivity contribution is 0.0792. The van der Waals surface area contributed by atoms with E-state index >= 15 is 0 Å². The molecule has 0 aromatic carbocycles. The quantitative estimate of drug-likeness (QED) is 0.741. The second kappa shape index (κ2) is 6.36. The molecule has 0 saturated carbocycles. The highest BCUT2D eigenvalue weighted by Crippen LogP contribution is 2.04. The molecule has 0 spiro atoms. The van der Waals surface area contributed by atoms with Crippen LogP contribution in [0.1, 0.15) is 13.8 Å². The average Bonchev–Trinajstić information content (AvgIpc) is 2.63. The van der Waals surface area contributed by atoms with E-state index in [0.717, 1.165) is 12.2 Å². The zero-order valence-electron chi connectivity index (χ0n) is 8.99. The Morgan fingerprint density at radius 3 is 3.07 bits per heavy atom. The van der Waals surface area contributed by atoms with Gasteiger partial charge < -0.3 is 15.4 Å². The summed E-state index contributed by atoms with van der Waals surface area (Å²) in [4.78, 5) is 0. The highest BCUT2D eigenvalue weighted by molar-refractivity contribution is 7.80. The van der Waals surface area contributed by atoms with Crippen LogP contribution in [0.5, 0.6) is 0 Å².